The SMILES string of the molecule is COC(=O)C(C=CCCl)ON. The Labute approximate surface area is 69.9 Å². The molecule has 0 fully saturated rings. The number of nitrogens with two attached hydrogens (primary N) is 1. The zero-order chi connectivity index (χ0) is 8.69. The summed E-state index contributed by atoms with van der Waals surface area (Å²) in [5.41, 5.74) is 0. The number of rotatable bonds is 4. The molecule has 4 nitrogen and oxygen atoms in total. The molecule has 1 unspecified atom stereocenters. The molecular formula is C6H10ClNO3. The van der Waals surface area contributed by atoms with Gasteiger partial charge in [0.05, 0.1) is 7.11 Å². The molecular weight excluding hydrogens is 170 g/mol. The number of carbonyl (C=O) groups excluding carboxylic acids is 1. The summed E-state index contributed by atoms with van der Waals surface area (Å²) < 4.78 is 4.36. The minimum absolute atomic E-state index is 0.302. The fraction of sp³-hybridized carbons (Fsp3) is 0.500. The second kappa shape index (κ2) is 6.15. The van der Waals surface area contributed by atoms with Crippen molar-refractivity contribution >= 4 is 17.6 Å². The summed E-state index contributed by atoms with van der Waals surface area (Å²) in [6.45, 7) is 0. The molecule has 2 N–H and O–H groups in total. The number of alkyl halides is 1. The van der Waals surface area contributed by atoms with Gasteiger partial charge in [0.2, 0.25) is 0 Å². The van der Waals surface area contributed by atoms with Gasteiger partial charge in [0, 0.05) is 5.88 Å². The number of halogens is 1. The smallest absolute Gasteiger partial charge is 0.341 e. The molecule has 0 aromatic rings. The molecule has 0 aromatic carbocycles. The van der Waals surface area contributed by atoms with E-state index < -0.39 is 12.1 Å². The molecule has 0 saturated carbocycles. The van der Waals surface area contributed by atoms with Crippen molar-refractivity contribution in [2.24, 2.45) is 5.90 Å². The number of hydrogen-bond acceptors (Lipinski definition) is 4. The normalized spacial score (nSPS) is 13.4. The zero-order valence-electron chi connectivity index (χ0n) is 6.12. The van der Waals surface area contributed by atoms with E-state index in [4.69, 9.17) is 17.5 Å². The maximum atomic E-state index is 10.7. The molecule has 0 aliphatic carbocycles. The first-order chi connectivity index (χ1) is 5.26. The third-order valence-electron chi connectivity index (χ3n) is 0.980. The number of carbonyl (C=O) groups is 1. The van der Waals surface area contributed by atoms with Gasteiger partial charge in [-0.15, -0.1) is 11.6 Å². The number of esters is 1. The average molecular weight is 180 g/mol. The molecule has 0 radical (unpaired) electrons. The lowest BCUT2D eigenvalue weighted by atomic mass is 10.3. The third-order valence-corrected chi connectivity index (χ3v) is 1.16. The van der Waals surface area contributed by atoms with E-state index in [1.54, 1.807) is 6.08 Å². The van der Waals surface area contributed by atoms with E-state index in [2.05, 4.69) is 9.57 Å². The van der Waals surface area contributed by atoms with Gasteiger partial charge in [-0.2, -0.15) is 0 Å². The Morgan fingerprint density at radius 2 is 2.45 bits per heavy atom. The molecule has 0 saturated heterocycles. The van der Waals surface area contributed by atoms with E-state index in [1.165, 1.54) is 13.2 Å². The maximum Gasteiger partial charge on any atom is 0.341 e. The predicted octanol–water partition coefficient (Wildman–Crippen LogP) is 0.213. The van der Waals surface area contributed by atoms with Gasteiger partial charge in [0.1, 0.15) is 0 Å². The van der Waals surface area contributed by atoms with Crippen molar-refractivity contribution in [3.63, 3.8) is 0 Å². The van der Waals surface area contributed by atoms with Crippen LogP contribution in [0.1, 0.15) is 0 Å². The topological polar surface area (TPSA) is 61.5 Å². The largest absolute Gasteiger partial charge is 0.467 e. The Balaban J connectivity index is 3.94. The zero-order valence-corrected chi connectivity index (χ0v) is 6.88. The first-order valence-electron chi connectivity index (χ1n) is 2.92. The molecule has 0 aliphatic heterocycles. The lowest BCUT2D eigenvalue weighted by Gasteiger charge is -2.05. The Morgan fingerprint density at radius 3 is 2.82 bits per heavy atom. The van der Waals surface area contributed by atoms with E-state index in [0.29, 0.717) is 5.88 Å². The van der Waals surface area contributed by atoms with Crippen LogP contribution in [-0.4, -0.2) is 25.1 Å². The van der Waals surface area contributed by atoms with Gasteiger partial charge in [-0.3, -0.25) is 4.84 Å². The van der Waals surface area contributed by atoms with Gasteiger partial charge in [0.25, 0.3) is 0 Å². The average Bonchev–Trinajstić information content (AvgIpc) is 2.05. The van der Waals surface area contributed by atoms with E-state index in [1.807, 2.05) is 0 Å². The number of allylic oxidation sites excluding steroid dienone is 1. The highest BCUT2D eigenvalue weighted by molar-refractivity contribution is 6.18. The van der Waals surface area contributed by atoms with Crippen LogP contribution in [0.15, 0.2) is 12.2 Å². The summed E-state index contributed by atoms with van der Waals surface area (Å²) in [6.07, 6.45) is 2.12. The van der Waals surface area contributed by atoms with E-state index >= 15 is 0 Å². The van der Waals surface area contributed by atoms with Crippen molar-refractivity contribution in [3.8, 4) is 0 Å². The number of ether oxygens (including phenoxy) is 1. The molecule has 0 aromatic heterocycles. The maximum absolute atomic E-state index is 10.7. The lowest BCUT2D eigenvalue weighted by molar-refractivity contribution is -0.151. The predicted molar refractivity (Wildman–Crippen MR) is 40.9 cm³/mol. The fourth-order valence-electron chi connectivity index (χ4n) is 0.471. The summed E-state index contributed by atoms with van der Waals surface area (Å²) in [4.78, 5) is 15.0. The first-order valence-corrected chi connectivity index (χ1v) is 3.45. The van der Waals surface area contributed by atoms with Crippen LogP contribution < -0.4 is 5.90 Å². The quantitative estimate of drug-likeness (QED) is 0.290. The van der Waals surface area contributed by atoms with Gasteiger partial charge in [0.15, 0.2) is 6.10 Å². The molecule has 64 valence electrons. The van der Waals surface area contributed by atoms with E-state index in [-0.39, 0.29) is 0 Å². The second-order valence-corrected chi connectivity index (χ2v) is 1.97. The van der Waals surface area contributed by atoms with Crippen molar-refractivity contribution in [2.45, 2.75) is 6.10 Å². The van der Waals surface area contributed by atoms with E-state index in [9.17, 15) is 4.79 Å². The van der Waals surface area contributed by atoms with Gasteiger partial charge < -0.3 is 4.74 Å². The Hall–Kier alpha value is -0.580. The lowest BCUT2D eigenvalue weighted by Crippen LogP contribution is -2.26. The monoisotopic (exact) mass is 179 g/mol. The highest BCUT2D eigenvalue weighted by Gasteiger charge is 2.14. The highest BCUT2D eigenvalue weighted by Crippen LogP contribution is 1.94. The van der Waals surface area contributed by atoms with Crippen molar-refractivity contribution in [2.75, 3.05) is 13.0 Å². The minimum atomic E-state index is -0.862. The van der Waals surface area contributed by atoms with Crippen molar-refractivity contribution in [1.29, 1.82) is 0 Å². The molecule has 0 spiro atoms. The minimum Gasteiger partial charge on any atom is -0.467 e. The second-order valence-electron chi connectivity index (χ2n) is 1.66. The molecule has 0 heterocycles. The van der Waals surface area contributed by atoms with E-state index in [0.717, 1.165) is 0 Å². The Bertz CT molecular complexity index is 149. The summed E-state index contributed by atoms with van der Waals surface area (Å²) in [5.74, 6) is 4.55. The van der Waals surface area contributed by atoms with Crippen LogP contribution in [0, 0.1) is 0 Å². The first kappa shape index (κ1) is 10.4. The number of methoxy groups -OCH3 is 1. The summed E-state index contributed by atoms with van der Waals surface area (Å²) in [7, 11) is 1.25. The van der Waals surface area contributed by atoms with Crippen molar-refractivity contribution in [1.82, 2.24) is 0 Å². The van der Waals surface area contributed by atoms with Crippen LogP contribution in [0.2, 0.25) is 0 Å². The summed E-state index contributed by atoms with van der Waals surface area (Å²) >= 11 is 5.32. The van der Waals surface area contributed by atoms with Gasteiger partial charge in [-0.1, -0.05) is 6.08 Å². The van der Waals surface area contributed by atoms with Crippen LogP contribution in [-0.2, 0) is 14.4 Å². The molecule has 1 atom stereocenters. The van der Waals surface area contributed by atoms with Crippen LogP contribution in [0.5, 0.6) is 0 Å². The van der Waals surface area contributed by atoms with Crippen LogP contribution in [0.3, 0.4) is 0 Å². The summed E-state index contributed by atoms with van der Waals surface area (Å²) in [6, 6.07) is 0. The fourth-order valence-corrected chi connectivity index (χ4v) is 0.574. The number of hydrogen-bond donors (Lipinski definition) is 1. The molecule has 0 bridgehead atoms. The summed E-state index contributed by atoms with van der Waals surface area (Å²) in [5, 5.41) is 0. The molecule has 0 amide bonds. The highest BCUT2D eigenvalue weighted by atomic mass is 35.5. The van der Waals surface area contributed by atoms with Crippen LogP contribution in [0.4, 0.5) is 0 Å². The molecule has 0 rings (SSSR count). The van der Waals surface area contributed by atoms with Crippen LogP contribution >= 0.6 is 11.6 Å². The van der Waals surface area contributed by atoms with Gasteiger partial charge in [-0.05, 0) is 6.08 Å². The standard InChI is InChI=1S/C6H10ClNO3/c1-10-6(9)5(11-8)3-2-4-7/h2-3,5H,4,8H2,1H3. The van der Waals surface area contributed by atoms with Crippen molar-refractivity contribution < 1.29 is 14.4 Å². The Morgan fingerprint density at radius 1 is 1.82 bits per heavy atom. The third kappa shape index (κ3) is 3.98. The molecule has 0 aliphatic rings. The Kier molecular flexibility index (Phi) is 5.83. The van der Waals surface area contributed by atoms with Gasteiger partial charge >= 0.3 is 5.97 Å². The van der Waals surface area contributed by atoms with Crippen molar-refractivity contribution in [3.05, 3.63) is 12.2 Å². The molecule has 5 heteroatoms. The van der Waals surface area contributed by atoms with Gasteiger partial charge in [-0.25, -0.2) is 10.7 Å². The molecule has 11 heavy (non-hydrogen) atoms. The van der Waals surface area contributed by atoms with Crippen LogP contribution in [0.25, 0.3) is 0 Å².